The van der Waals surface area contributed by atoms with Gasteiger partial charge in [-0.25, -0.2) is 0 Å². The maximum absolute atomic E-state index is 11.5. The third kappa shape index (κ3) is 14.2. The van der Waals surface area contributed by atoms with E-state index in [1.807, 2.05) is 20.8 Å². The molecule has 3 N–H and O–H groups in total. The lowest BCUT2D eigenvalue weighted by Crippen LogP contribution is -2.38. The van der Waals surface area contributed by atoms with Gasteiger partial charge >= 0.3 is 0 Å². The second kappa shape index (κ2) is 14.5. The molecule has 0 aromatic heterocycles. The fourth-order valence-corrected chi connectivity index (χ4v) is 2.39. The van der Waals surface area contributed by atoms with Crippen LogP contribution in [0.4, 0.5) is 0 Å². The van der Waals surface area contributed by atoms with Crippen molar-refractivity contribution in [2.45, 2.75) is 71.8 Å². The Morgan fingerprint density at radius 3 is 2.36 bits per heavy atom. The second-order valence-electron chi connectivity index (χ2n) is 6.82. The van der Waals surface area contributed by atoms with Gasteiger partial charge in [-0.15, -0.1) is 0 Å². The number of hydrogen-bond acceptors (Lipinski definition) is 4. The summed E-state index contributed by atoms with van der Waals surface area (Å²) >= 11 is 0. The molecule has 0 bridgehead atoms. The molecular weight excluding hydrogens is 318 g/mol. The van der Waals surface area contributed by atoms with E-state index in [9.17, 15) is 14.4 Å². The number of Topliss-reactive ketones (excluding diaryl/α,β-unsaturated/α-hetero) is 1. The van der Waals surface area contributed by atoms with E-state index in [0.29, 0.717) is 18.6 Å². The topological polar surface area (TPSA) is 87.3 Å². The molecule has 144 valence electrons. The first kappa shape index (κ1) is 23.1. The number of ketones is 1. The van der Waals surface area contributed by atoms with Crippen LogP contribution in [0.3, 0.4) is 0 Å². The zero-order chi connectivity index (χ0) is 19.1. The predicted molar refractivity (Wildman–Crippen MR) is 101 cm³/mol. The highest BCUT2D eigenvalue weighted by atomic mass is 16.2. The van der Waals surface area contributed by atoms with Gasteiger partial charge < -0.3 is 16.0 Å². The van der Waals surface area contributed by atoms with Crippen molar-refractivity contribution in [2.75, 3.05) is 13.1 Å². The van der Waals surface area contributed by atoms with E-state index in [2.05, 4.69) is 22.5 Å². The Morgan fingerprint density at radius 1 is 1.04 bits per heavy atom. The summed E-state index contributed by atoms with van der Waals surface area (Å²) in [5, 5.41) is 8.50. The molecule has 0 saturated heterocycles. The molecule has 1 atom stereocenters. The lowest BCUT2D eigenvalue weighted by atomic mass is 10.0. The Kier molecular flexibility index (Phi) is 13.4. The summed E-state index contributed by atoms with van der Waals surface area (Å²) < 4.78 is 0. The SMILES string of the molecule is C=C(CCCCC(=O)C(C)C)NCCCCC(C)NC(=O)CNC=O. The van der Waals surface area contributed by atoms with Gasteiger partial charge in [0.2, 0.25) is 12.3 Å². The van der Waals surface area contributed by atoms with Crippen molar-refractivity contribution in [3.05, 3.63) is 12.3 Å². The lowest BCUT2D eigenvalue weighted by molar-refractivity contribution is -0.122. The molecule has 25 heavy (non-hydrogen) atoms. The van der Waals surface area contributed by atoms with Crippen molar-refractivity contribution in [3.8, 4) is 0 Å². The highest BCUT2D eigenvalue weighted by Gasteiger charge is 2.07. The van der Waals surface area contributed by atoms with Crippen LogP contribution in [0.5, 0.6) is 0 Å². The summed E-state index contributed by atoms with van der Waals surface area (Å²) in [7, 11) is 0. The summed E-state index contributed by atoms with van der Waals surface area (Å²) in [4.78, 5) is 33.1. The number of carbonyl (C=O) groups excluding carboxylic acids is 3. The van der Waals surface area contributed by atoms with Gasteiger partial charge in [0, 0.05) is 30.6 Å². The van der Waals surface area contributed by atoms with Crippen molar-refractivity contribution < 1.29 is 14.4 Å². The largest absolute Gasteiger partial charge is 0.389 e. The second-order valence-corrected chi connectivity index (χ2v) is 6.82. The van der Waals surface area contributed by atoms with Crippen molar-refractivity contribution in [1.29, 1.82) is 0 Å². The van der Waals surface area contributed by atoms with E-state index in [-0.39, 0.29) is 24.4 Å². The Balaban J connectivity index is 3.55. The maximum Gasteiger partial charge on any atom is 0.239 e. The molecule has 0 aliphatic rings. The van der Waals surface area contributed by atoms with E-state index in [4.69, 9.17) is 0 Å². The summed E-state index contributed by atoms with van der Waals surface area (Å²) in [6, 6.07) is 0.0997. The summed E-state index contributed by atoms with van der Waals surface area (Å²) in [6.45, 7) is 10.8. The minimum atomic E-state index is -0.165. The quantitative estimate of drug-likeness (QED) is 0.293. The zero-order valence-electron chi connectivity index (χ0n) is 16.0. The Morgan fingerprint density at radius 2 is 1.72 bits per heavy atom. The Hall–Kier alpha value is -1.85. The van der Waals surface area contributed by atoms with Crippen LogP contribution in [-0.4, -0.2) is 37.2 Å². The molecule has 6 heteroatoms. The zero-order valence-corrected chi connectivity index (χ0v) is 16.0. The van der Waals surface area contributed by atoms with E-state index >= 15 is 0 Å². The van der Waals surface area contributed by atoms with Crippen molar-refractivity contribution in [1.82, 2.24) is 16.0 Å². The van der Waals surface area contributed by atoms with Gasteiger partial charge in [0.1, 0.15) is 5.78 Å². The fraction of sp³-hybridized carbons (Fsp3) is 0.737. The van der Waals surface area contributed by atoms with Crippen LogP contribution in [0.1, 0.15) is 65.7 Å². The number of carbonyl (C=O) groups is 3. The molecule has 0 aliphatic carbocycles. The molecule has 0 radical (unpaired) electrons. The molecule has 0 aromatic carbocycles. The molecule has 0 heterocycles. The highest BCUT2D eigenvalue weighted by Crippen LogP contribution is 2.09. The number of rotatable bonds is 16. The van der Waals surface area contributed by atoms with E-state index in [1.54, 1.807) is 0 Å². The average molecular weight is 354 g/mol. The first-order chi connectivity index (χ1) is 11.9. The van der Waals surface area contributed by atoms with Crippen LogP contribution in [-0.2, 0) is 14.4 Å². The standard InChI is InChI=1S/C19H35N3O3/c1-15(2)18(24)11-6-5-9-16(3)21-12-8-7-10-17(4)22-19(25)13-20-14-23/h14-15,17,21H,3,5-13H2,1-2,4H3,(H,20,23)(H,22,25). The van der Waals surface area contributed by atoms with Crippen molar-refractivity contribution in [3.63, 3.8) is 0 Å². The van der Waals surface area contributed by atoms with Gasteiger partial charge in [-0.3, -0.25) is 14.4 Å². The smallest absolute Gasteiger partial charge is 0.239 e. The van der Waals surface area contributed by atoms with E-state index in [1.165, 1.54) is 0 Å². The number of allylic oxidation sites excluding steroid dienone is 1. The first-order valence-electron chi connectivity index (χ1n) is 9.27. The summed E-state index contributed by atoms with van der Waals surface area (Å²) in [6.07, 6.45) is 6.92. The van der Waals surface area contributed by atoms with Gasteiger partial charge in [-0.05, 0) is 45.4 Å². The minimum Gasteiger partial charge on any atom is -0.389 e. The van der Waals surface area contributed by atoms with Crippen molar-refractivity contribution in [2.24, 2.45) is 5.92 Å². The number of nitrogens with one attached hydrogen (secondary N) is 3. The molecule has 0 aliphatic heterocycles. The molecule has 6 nitrogen and oxygen atoms in total. The molecule has 0 saturated carbocycles. The molecule has 2 amide bonds. The van der Waals surface area contributed by atoms with Gasteiger partial charge in [0.15, 0.2) is 0 Å². The highest BCUT2D eigenvalue weighted by molar-refractivity contribution is 5.80. The van der Waals surface area contributed by atoms with Crippen LogP contribution in [0.25, 0.3) is 0 Å². The summed E-state index contributed by atoms with van der Waals surface area (Å²) in [5.41, 5.74) is 1.03. The van der Waals surface area contributed by atoms with Crippen LogP contribution in [0, 0.1) is 5.92 Å². The van der Waals surface area contributed by atoms with Gasteiger partial charge in [-0.2, -0.15) is 0 Å². The van der Waals surface area contributed by atoms with Crippen LogP contribution in [0.15, 0.2) is 12.3 Å². The fourth-order valence-electron chi connectivity index (χ4n) is 2.39. The normalized spacial score (nSPS) is 11.7. The molecule has 0 aromatic rings. The van der Waals surface area contributed by atoms with Gasteiger partial charge in [0.05, 0.1) is 6.54 Å². The average Bonchev–Trinajstić information content (AvgIpc) is 2.56. The molecule has 0 rings (SSSR count). The summed E-state index contributed by atoms with van der Waals surface area (Å²) in [5.74, 6) is 0.304. The van der Waals surface area contributed by atoms with Crippen LogP contribution < -0.4 is 16.0 Å². The minimum absolute atomic E-state index is 0.0258. The van der Waals surface area contributed by atoms with Gasteiger partial charge in [-0.1, -0.05) is 20.4 Å². The Bertz CT molecular complexity index is 422. The third-order valence-electron chi connectivity index (χ3n) is 3.99. The van der Waals surface area contributed by atoms with E-state index in [0.717, 1.165) is 50.8 Å². The number of unbranched alkanes of at least 4 members (excludes halogenated alkanes) is 2. The lowest BCUT2D eigenvalue weighted by Gasteiger charge is -2.14. The monoisotopic (exact) mass is 353 g/mol. The van der Waals surface area contributed by atoms with E-state index < -0.39 is 0 Å². The Labute approximate surface area is 152 Å². The predicted octanol–water partition coefficient (Wildman–Crippen LogP) is 2.30. The molecule has 0 fully saturated rings. The molecule has 1 unspecified atom stereocenters. The van der Waals surface area contributed by atoms with Crippen LogP contribution >= 0.6 is 0 Å². The van der Waals surface area contributed by atoms with Crippen molar-refractivity contribution >= 4 is 18.1 Å². The van der Waals surface area contributed by atoms with Gasteiger partial charge in [0.25, 0.3) is 0 Å². The third-order valence-corrected chi connectivity index (χ3v) is 3.99. The van der Waals surface area contributed by atoms with Crippen LogP contribution in [0.2, 0.25) is 0 Å². The number of hydrogen-bond donors (Lipinski definition) is 3. The molecular formula is C19H35N3O3. The maximum atomic E-state index is 11.5. The molecule has 0 spiro atoms. The number of amides is 2. The first-order valence-corrected chi connectivity index (χ1v) is 9.27.